The van der Waals surface area contributed by atoms with Crippen molar-refractivity contribution in [2.24, 2.45) is 5.92 Å². The molecule has 2 heteroatoms. The Morgan fingerprint density at radius 3 is 2.85 bits per heavy atom. The van der Waals surface area contributed by atoms with Crippen LogP contribution in [0.25, 0.3) is 0 Å². The predicted molar refractivity (Wildman–Crippen MR) is 81.4 cm³/mol. The first-order valence-electron chi connectivity index (χ1n) is 8.05. The summed E-state index contributed by atoms with van der Waals surface area (Å²) in [7, 11) is 4.11. The largest absolute Gasteiger partial charge is 0.497 e. The second-order valence-corrected chi connectivity index (χ2v) is 7.21. The monoisotopic (exact) mass is 271 g/mol. The fraction of sp³-hybridized carbons (Fsp3) is 0.667. The SMILES string of the molecule is COc1ccc2c(c1)C1CCCCC1[C@H]1N(C)C1(C)C2. The maximum atomic E-state index is 5.47. The van der Waals surface area contributed by atoms with Crippen LogP contribution in [0.4, 0.5) is 0 Å². The molecule has 108 valence electrons. The number of methoxy groups -OCH3 is 1. The van der Waals surface area contributed by atoms with E-state index in [-0.39, 0.29) is 0 Å². The van der Waals surface area contributed by atoms with Crippen molar-refractivity contribution in [3.8, 4) is 5.75 Å². The van der Waals surface area contributed by atoms with Crippen molar-refractivity contribution >= 4 is 0 Å². The average molecular weight is 271 g/mol. The Balaban J connectivity index is 1.82. The number of likely N-dealkylation sites (N-methyl/N-ethyl adjacent to an activating group) is 1. The lowest BCUT2D eigenvalue weighted by Gasteiger charge is -2.32. The molecule has 4 rings (SSSR count). The number of benzene rings is 1. The van der Waals surface area contributed by atoms with Crippen LogP contribution < -0.4 is 4.74 Å². The van der Waals surface area contributed by atoms with Gasteiger partial charge in [-0.3, -0.25) is 4.90 Å². The van der Waals surface area contributed by atoms with E-state index in [0.717, 1.165) is 23.6 Å². The van der Waals surface area contributed by atoms with Crippen LogP contribution in [0.3, 0.4) is 0 Å². The van der Waals surface area contributed by atoms with Crippen LogP contribution in [0.5, 0.6) is 5.75 Å². The van der Waals surface area contributed by atoms with Crippen molar-refractivity contribution in [2.45, 2.75) is 56.5 Å². The molecular formula is C18H25NO. The molecule has 1 heterocycles. The molecule has 2 aliphatic carbocycles. The van der Waals surface area contributed by atoms with Gasteiger partial charge in [0.15, 0.2) is 0 Å². The van der Waals surface area contributed by atoms with Gasteiger partial charge in [0.1, 0.15) is 5.75 Å². The van der Waals surface area contributed by atoms with Crippen LogP contribution in [-0.4, -0.2) is 30.6 Å². The van der Waals surface area contributed by atoms with Crippen molar-refractivity contribution in [3.05, 3.63) is 29.3 Å². The Morgan fingerprint density at radius 1 is 1.25 bits per heavy atom. The molecule has 2 nitrogen and oxygen atoms in total. The van der Waals surface area contributed by atoms with Gasteiger partial charge in [-0.25, -0.2) is 0 Å². The summed E-state index contributed by atoms with van der Waals surface area (Å²) < 4.78 is 5.47. The van der Waals surface area contributed by atoms with Gasteiger partial charge >= 0.3 is 0 Å². The van der Waals surface area contributed by atoms with Crippen LogP contribution in [0, 0.1) is 5.92 Å². The Hall–Kier alpha value is -1.02. The molecule has 0 N–H and O–H groups in total. The van der Waals surface area contributed by atoms with Crippen LogP contribution in [0.15, 0.2) is 18.2 Å². The molecule has 0 spiro atoms. The molecule has 4 unspecified atom stereocenters. The summed E-state index contributed by atoms with van der Waals surface area (Å²) in [6.45, 7) is 2.46. The minimum atomic E-state index is 0.403. The fourth-order valence-corrected chi connectivity index (χ4v) is 5.13. The second-order valence-electron chi connectivity index (χ2n) is 7.21. The van der Waals surface area contributed by atoms with E-state index >= 15 is 0 Å². The van der Waals surface area contributed by atoms with Crippen LogP contribution in [0.1, 0.15) is 49.7 Å². The average Bonchev–Trinajstić information content (AvgIpc) is 3.03. The molecule has 2 fully saturated rings. The predicted octanol–water partition coefficient (Wildman–Crippen LogP) is 3.60. The number of hydrogen-bond donors (Lipinski definition) is 0. The summed E-state index contributed by atoms with van der Waals surface area (Å²) in [5.41, 5.74) is 3.56. The van der Waals surface area contributed by atoms with E-state index in [4.69, 9.17) is 4.74 Å². The molecule has 0 amide bonds. The maximum Gasteiger partial charge on any atom is 0.119 e. The molecule has 3 aliphatic rings. The maximum absolute atomic E-state index is 5.47. The zero-order chi connectivity index (χ0) is 13.9. The summed E-state index contributed by atoms with van der Waals surface area (Å²) >= 11 is 0. The quantitative estimate of drug-likeness (QED) is 0.724. The zero-order valence-electron chi connectivity index (χ0n) is 12.9. The van der Waals surface area contributed by atoms with Crippen molar-refractivity contribution in [1.29, 1.82) is 0 Å². The number of hydrogen-bond acceptors (Lipinski definition) is 2. The highest BCUT2D eigenvalue weighted by Gasteiger charge is 2.62. The first-order chi connectivity index (χ1) is 9.65. The van der Waals surface area contributed by atoms with E-state index in [9.17, 15) is 0 Å². The number of ether oxygens (including phenoxy) is 1. The topological polar surface area (TPSA) is 12.2 Å². The lowest BCUT2D eigenvalue weighted by molar-refractivity contribution is 0.279. The van der Waals surface area contributed by atoms with Crippen molar-refractivity contribution in [3.63, 3.8) is 0 Å². The van der Waals surface area contributed by atoms with E-state index in [1.807, 2.05) is 0 Å². The van der Waals surface area contributed by atoms with Crippen molar-refractivity contribution in [2.75, 3.05) is 14.2 Å². The van der Waals surface area contributed by atoms with Crippen LogP contribution >= 0.6 is 0 Å². The van der Waals surface area contributed by atoms with Gasteiger partial charge in [-0.2, -0.15) is 0 Å². The Morgan fingerprint density at radius 2 is 2.05 bits per heavy atom. The second kappa shape index (κ2) is 4.24. The highest BCUT2D eigenvalue weighted by Crippen LogP contribution is 2.57. The summed E-state index contributed by atoms with van der Waals surface area (Å²) in [5, 5.41) is 0. The van der Waals surface area contributed by atoms with Gasteiger partial charge in [0.05, 0.1) is 7.11 Å². The van der Waals surface area contributed by atoms with E-state index in [1.165, 1.54) is 32.1 Å². The molecule has 1 saturated carbocycles. The number of nitrogens with zero attached hydrogens (tertiary/aromatic N) is 1. The van der Waals surface area contributed by atoms with Gasteiger partial charge < -0.3 is 4.74 Å². The lowest BCUT2D eigenvalue weighted by atomic mass is 9.73. The van der Waals surface area contributed by atoms with Gasteiger partial charge in [-0.05, 0) is 68.3 Å². The standard InChI is InChI=1S/C18H25NO/c1-18-11-12-8-9-13(20-3)10-16(12)14-6-4-5-7-15(14)17(18)19(18)2/h8-10,14-15,17H,4-7,11H2,1-3H3/t14?,15?,17-,18?,19?/m1/s1. The molecule has 1 aliphatic heterocycles. The zero-order valence-corrected chi connectivity index (χ0v) is 12.9. The smallest absolute Gasteiger partial charge is 0.119 e. The molecule has 0 radical (unpaired) electrons. The lowest BCUT2D eigenvalue weighted by Crippen LogP contribution is -2.25. The highest BCUT2D eigenvalue weighted by molar-refractivity contribution is 5.43. The summed E-state index contributed by atoms with van der Waals surface area (Å²) in [5.74, 6) is 2.64. The van der Waals surface area contributed by atoms with E-state index in [2.05, 4.69) is 37.1 Å². The number of fused-ring (bicyclic) bond motifs is 5. The fourth-order valence-electron chi connectivity index (χ4n) is 5.13. The molecule has 20 heavy (non-hydrogen) atoms. The molecule has 1 saturated heterocycles. The summed E-state index contributed by atoms with van der Waals surface area (Å²) in [6, 6.07) is 7.58. The molecule has 1 aromatic carbocycles. The number of rotatable bonds is 1. The molecular weight excluding hydrogens is 246 g/mol. The third kappa shape index (κ3) is 1.60. The van der Waals surface area contributed by atoms with Crippen LogP contribution in [0.2, 0.25) is 0 Å². The molecule has 0 aromatic heterocycles. The first-order valence-corrected chi connectivity index (χ1v) is 8.05. The van der Waals surface area contributed by atoms with Crippen LogP contribution in [-0.2, 0) is 6.42 Å². The first kappa shape index (κ1) is 12.7. The Kier molecular flexibility index (Phi) is 2.69. The molecule has 1 aromatic rings. The minimum absolute atomic E-state index is 0.403. The van der Waals surface area contributed by atoms with Gasteiger partial charge in [0.2, 0.25) is 0 Å². The van der Waals surface area contributed by atoms with E-state index < -0.39 is 0 Å². The summed E-state index contributed by atoms with van der Waals surface area (Å²) in [4.78, 5) is 2.63. The van der Waals surface area contributed by atoms with Gasteiger partial charge in [-0.1, -0.05) is 18.9 Å². The van der Waals surface area contributed by atoms with Gasteiger partial charge in [-0.15, -0.1) is 0 Å². The van der Waals surface area contributed by atoms with E-state index in [1.54, 1.807) is 18.2 Å². The molecule has 5 atom stereocenters. The van der Waals surface area contributed by atoms with Gasteiger partial charge in [0.25, 0.3) is 0 Å². The third-order valence-electron chi connectivity index (χ3n) is 6.32. The molecule has 0 bridgehead atoms. The van der Waals surface area contributed by atoms with E-state index in [0.29, 0.717) is 5.54 Å². The minimum Gasteiger partial charge on any atom is -0.497 e. The highest BCUT2D eigenvalue weighted by atomic mass is 16.5. The Labute approximate surface area is 122 Å². The normalized spacial score (nSPS) is 42.0. The Bertz CT molecular complexity index is 540. The van der Waals surface area contributed by atoms with Crippen molar-refractivity contribution < 1.29 is 4.74 Å². The van der Waals surface area contributed by atoms with Crippen molar-refractivity contribution in [1.82, 2.24) is 4.90 Å². The summed E-state index contributed by atoms with van der Waals surface area (Å²) in [6.07, 6.45) is 6.80. The third-order valence-corrected chi connectivity index (χ3v) is 6.32. The van der Waals surface area contributed by atoms with Gasteiger partial charge in [0, 0.05) is 11.6 Å².